The lowest BCUT2D eigenvalue weighted by molar-refractivity contribution is -0.138. The van der Waals surface area contributed by atoms with Crippen molar-refractivity contribution in [1.29, 1.82) is 0 Å². The van der Waals surface area contributed by atoms with Crippen molar-refractivity contribution in [3.63, 3.8) is 0 Å². The molecule has 2 aromatic rings. The van der Waals surface area contributed by atoms with E-state index in [4.69, 9.17) is 9.47 Å². The van der Waals surface area contributed by atoms with Crippen LogP contribution in [-0.4, -0.2) is 29.9 Å². The lowest BCUT2D eigenvalue weighted by Crippen LogP contribution is -2.15. The third-order valence-corrected chi connectivity index (χ3v) is 4.04. The number of rotatable bonds is 8. The number of ether oxygens (including phenoxy) is 2. The summed E-state index contributed by atoms with van der Waals surface area (Å²) >= 11 is 0. The summed E-state index contributed by atoms with van der Waals surface area (Å²) in [4.78, 5) is 11.8. The standard InChI is InChI=1S/C20H24O5/c1-4-9-25-18-8-6-15(10-13(18)2)16(20(22)23)11-14-5-7-19(24-3)17(21)12-14/h5-8,10,12,16,21H,4,9,11H2,1-3H3,(H,22,23). The third-order valence-electron chi connectivity index (χ3n) is 4.04. The van der Waals surface area contributed by atoms with Gasteiger partial charge in [0.25, 0.3) is 0 Å². The largest absolute Gasteiger partial charge is 0.504 e. The minimum Gasteiger partial charge on any atom is -0.504 e. The summed E-state index contributed by atoms with van der Waals surface area (Å²) in [6, 6.07) is 10.4. The molecule has 0 amide bonds. The summed E-state index contributed by atoms with van der Waals surface area (Å²) in [5.41, 5.74) is 2.36. The Morgan fingerprint density at radius 3 is 2.44 bits per heavy atom. The number of phenols is 1. The van der Waals surface area contributed by atoms with Crippen LogP contribution in [0.4, 0.5) is 0 Å². The number of carbonyl (C=O) groups is 1. The van der Waals surface area contributed by atoms with Crippen LogP contribution in [0.1, 0.15) is 36.0 Å². The van der Waals surface area contributed by atoms with E-state index in [1.54, 1.807) is 24.3 Å². The lowest BCUT2D eigenvalue weighted by atomic mass is 9.91. The molecular formula is C20H24O5. The molecule has 5 nitrogen and oxygen atoms in total. The van der Waals surface area contributed by atoms with Crippen molar-refractivity contribution in [3.05, 3.63) is 53.1 Å². The Kier molecular flexibility index (Phi) is 6.28. The topological polar surface area (TPSA) is 76.0 Å². The van der Waals surface area contributed by atoms with E-state index in [-0.39, 0.29) is 12.2 Å². The van der Waals surface area contributed by atoms with Crippen LogP contribution in [0, 0.1) is 6.92 Å². The van der Waals surface area contributed by atoms with Gasteiger partial charge in [-0.1, -0.05) is 25.1 Å². The summed E-state index contributed by atoms with van der Waals surface area (Å²) < 4.78 is 10.7. The summed E-state index contributed by atoms with van der Waals surface area (Å²) in [5.74, 6) is -0.465. The predicted molar refractivity (Wildman–Crippen MR) is 95.7 cm³/mol. The molecule has 134 valence electrons. The molecule has 0 radical (unpaired) electrons. The van der Waals surface area contributed by atoms with E-state index in [9.17, 15) is 15.0 Å². The fourth-order valence-electron chi connectivity index (χ4n) is 2.71. The third kappa shape index (κ3) is 4.66. The molecule has 2 N–H and O–H groups in total. The molecular weight excluding hydrogens is 320 g/mol. The van der Waals surface area contributed by atoms with Crippen LogP contribution in [0.15, 0.2) is 36.4 Å². The van der Waals surface area contributed by atoms with E-state index < -0.39 is 11.9 Å². The second-order valence-corrected chi connectivity index (χ2v) is 5.97. The van der Waals surface area contributed by atoms with Crippen LogP contribution in [0.5, 0.6) is 17.2 Å². The molecule has 2 rings (SSSR count). The maximum atomic E-state index is 11.8. The zero-order valence-corrected chi connectivity index (χ0v) is 14.8. The summed E-state index contributed by atoms with van der Waals surface area (Å²) in [6.45, 7) is 4.58. The van der Waals surface area contributed by atoms with Crippen molar-refractivity contribution in [3.8, 4) is 17.2 Å². The number of aromatic hydroxyl groups is 1. The van der Waals surface area contributed by atoms with Gasteiger partial charge in [-0.25, -0.2) is 0 Å². The molecule has 5 heteroatoms. The first kappa shape index (κ1) is 18.6. The summed E-state index contributed by atoms with van der Waals surface area (Å²) in [7, 11) is 1.47. The first-order chi connectivity index (χ1) is 12.0. The number of aliphatic carboxylic acids is 1. The van der Waals surface area contributed by atoms with Crippen LogP contribution in [0.25, 0.3) is 0 Å². The molecule has 0 saturated carbocycles. The van der Waals surface area contributed by atoms with E-state index in [0.717, 1.165) is 23.3 Å². The number of methoxy groups -OCH3 is 1. The first-order valence-electron chi connectivity index (χ1n) is 8.28. The molecule has 0 spiro atoms. The molecule has 0 bridgehead atoms. The van der Waals surface area contributed by atoms with Crippen LogP contribution in [0.3, 0.4) is 0 Å². The van der Waals surface area contributed by atoms with Gasteiger partial charge in [-0.2, -0.15) is 0 Å². The van der Waals surface area contributed by atoms with E-state index in [1.807, 2.05) is 26.0 Å². The van der Waals surface area contributed by atoms with E-state index >= 15 is 0 Å². The second kappa shape index (κ2) is 8.42. The fourth-order valence-corrected chi connectivity index (χ4v) is 2.71. The Hall–Kier alpha value is -2.69. The highest BCUT2D eigenvalue weighted by Gasteiger charge is 2.22. The predicted octanol–water partition coefficient (Wildman–Crippen LogP) is 3.91. The van der Waals surface area contributed by atoms with Gasteiger partial charge in [0.15, 0.2) is 11.5 Å². The molecule has 0 aliphatic rings. The maximum Gasteiger partial charge on any atom is 0.311 e. The summed E-state index contributed by atoms with van der Waals surface area (Å²) in [6.07, 6.45) is 1.20. The first-order valence-corrected chi connectivity index (χ1v) is 8.28. The van der Waals surface area contributed by atoms with Crippen LogP contribution >= 0.6 is 0 Å². The van der Waals surface area contributed by atoms with Crippen molar-refractivity contribution < 1.29 is 24.5 Å². The average Bonchev–Trinajstić information content (AvgIpc) is 2.58. The monoisotopic (exact) mass is 344 g/mol. The number of carboxylic acids is 1. The molecule has 2 aromatic carbocycles. The van der Waals surface area contributed by atoms with Gasteiger partial charge in [-0.15, -0.1) is 0 Å². The van der Waals surface area contributed by atoms with Gasteiger partial charge < -0.3 is 19.7 Å². The smallest absolute Gasteiger partial charge is 0.311 e. The molecule has 0 aromatic heterocycles. The molecule has 1 atom stereocenters. The van der Waals surface area contributed by atoms with Gasteiger partial charge in [0.05, 0.1) is 19.6 Å². The fraction of sp³-hybridized carbons (Fsp3) is 0.350. The zero-order valence-electron chi connectivity index (χ0n) is 14.8. The number of benzene rings is 2. The van der Waals surface area contributed by atoms with Crippen LogP contribution in [-0.2, 0) is 11.2 Å². The van der Waals surface area contributed by atoms with E-state index in [0.29, 0.717) is 17.9 Å². The quantitative estimate of drug-likeness (QED) is 0.759. The summed E-state index contributed by atoms with van der Waals surface area (Å²) in [5, 5.41) is 19.5. The van der Waals surface area contributed by atoms with Crippen molar-refractivity contribution in [2.75, 3.05) is 13.7 Å². The van der Waals surface area contributed by atoms with Crippen LogP contribution < -0.4 is 9.47 Å². The lowest BCUT2D eigenvalue weighted by Gasteiger charge is -2.16. The SMILES string of the molecule is CCCOc1ccc(C(Cc2ccc(OC)c(O)c2)C(=O)O)cc1C. The van der Waals surface area contributed by atoms with Crippen molar-refractivity contribution >= 4 is 5.97 Å². The molecule has 0 heterocycles. The Morgan fingerprint density at radius 2 is 1.88 bits per heavy atom. The zero-order chi connectivity index (χ0) is 18.4. The highest BCUT2D eigenvalue weighted by Crippen LogP contribution is 2.31. The number of phenolic OH excluding ortho intramolecular Hbond substituents is 1. The van der Waals surface area contributed by atoms with Crippen LogP contribution in [0.2, 0.25) is 0 Å². The number of aryl methyl sites for hydroxylation is 1. The molecule has 0 saturated heterocycles. The second-order valence-electron chi connectivity index (χ2n) is 5.97. The number of hydrogen-bond acceptors (Lipinski definition) is 4. The molecule has 1 unspecified atom stereocenters. The van der Waals surface area contributed by atoms with Gasteiger partial charge in [0, 0.05) is 0 Å². The number of hydrogen-bond donors (Lipinski definition) is 2. The minimum atomic E-state index is -0.906. The Bertz CT molecular complexity index is 739. The maximum absolute atomic E-state index is 11.8. The molecule has 0 aliphatic carbocycles. The minimum absolute atomic E-state index is 0.00336. The Morgan fingerprint density at radius 1 is 1.16 bits per heavy atom. The van der Waals surface area contributed by atoms with Gasteiger partial charge in [-0.3, -0.25) is 4.79 Å². The van der Waals surface area contributed by atoms with Gasteiger partial charge in [0.2, 0.25) is 0 Å². The van der Waals surface area contributed by atoms with Gasteiger partial charge >= 0.3 is 5.97 Å². The highest BCUT2D eigenvalue weighted by atomic mass is 16.5. The van der Waals surface area contributed by atoms with Crippen molar-refractivity contribution in [2.24, 2.45) is 0 Å². The Balaban J connectivity index is 2.25. The van der Waals surface area contributed by atoms with Gasteiger partial charge in [-0.05, 0) is 54.7 Å². The molecule has 0 fully saturated rings. The highest BCUT2D eigenvalue weighted by molar-refractivity contribution is 5.76. The van der Waals surface area contributed by atoms with E-state index in [1.165, 1.54) is 7.11 Å². The van der Waals surface area contributed by atoms with Crippen molar-refractivity contribution in [1.82, 2.24) is 0 Å². The normalized spacial score (nSPS) is 11.8. The average molecular weight is 344 g/mol. The van der Waals surface area contributed by atoms with Crippen molar-refractivity contribution in [2.45, 2.75) is 32.6 Å². The molecule has 25 heavy (non-hydrogen) atoms. The molecule has 0 aliphatic heterocycles. The van der Waals surface area contributed by atoms with E-state index in [2.05, 4.69) is 0 Å². The van der Waals surface area contributed by atoms with Gasteiger partial charge in [0.1, 0.15) is 5.75 Å². The Labute approximate surface area is 147 Å². The number of carboxylic acid groups (broad SMARTS) is 1.